The van der Waals surface area contributed by atoms with Crippen LogP contribution in [0.2, 0.25) is 0 Å². The minimum Gasteiger partial charge on any atom is -0.367 e. The van der Waals surface area contributed by atoms with Crippen LogP contribution in [0.3, 0.4) is 0 Å². The maximum Gasteiger partial charge on any atom is 0.539 e. The van der Waals surface area contributed by atoms with Crippen molar-refractivity contribution in [3.63, 3.8) is 0 Å². The highest BCUT2D eigenvalue weighted by Crippen LogP contribution is 2.16. The molecule has 6 heteroatoms. The van der Waals surface area contributed by atoms with Crippen LogP contribution < -0.4 is 0 Å². The molecule has 0 amide bonds. The number of methoxy groups -OCH3 is 1. The molecule has 0 atom stereocenters. The number of halogens is 3. The Morgan fingerprint density at radius 3 is 2.20 bits per heavy atom. The van der Waals surface area contributed by atoms with Crippen LogP contribution in [0.1, 0.15) is 0 Å². The third-order valence-corrected chi connectivity index (χ3v) is 0.570. The van der Waals surface area contributed by atoms with Gasteiger partial charge in [0, 0.05) is 14.2 Å². The third kappa shape index (κ3) is 5.80. The van der Waals surface area contributed by atoms with Crippen molar-refractivity contribution in [1.29, 1.82) is 0 Å². The predicted molar refractivity (Wildman–Crippen MR) is 26.8 cm³/mol. The highest BCUT2D eigenvalue weighted by atomic mass is 19.4. The molecule has 0 saturated heterocycles. The largest absolute Gasteiger partial charge is 0.539 e. The zero-order chi connectivity index (χ0) is 8.20. The molecule has 0 aromatic rings. The summed E-state index contributed by atoms with van der Waals surface area (Å²) in [5.74, 6) is 0. The second kappa shape index (κ2) is 3.75. The molecule has 3 nitrogen and oxygen atoms in total. The van der Waals surface area contributed by atoms with E-state index in [1.165, 1.54) is 7.11 Å². The van der Waals surface area contributed by atoms with E-state index in [4.69, 9.17) is 0 Å². The smallest absolute Gasteiger partial charge is 0.367 e. The lowest BCUT2D eigenvalue weighted by Gasteiger charge is -2.16. The van der Waals surface area contributed by atoms with Gasteiger partial charge in [0.05, 0.1) is 0 Å². The number of ether oxygens (including phenoxy) is 1. The molecule has 0 fully saturated rings. The highest BCUT2D eigenvalue weighted by Gasteiger charge is 2.31. The van der Waals surface area contributed by atoms with E-state index in [9.17, 15) is 13.2 Å². The molecular formula is C4H8F3NO2. The van der Waals surface area contributed by atoms with Gasteiger partial charge in [-0.05, 0) is 0 Å². The molecule has 0 N–H and O–H groups in total. The van der Waals surface area contributed by atoms with Crippen LogP contribution in [0.5, 0.6) is 0 Å². The molecule has 0 aromatic heterocycles. The maximum atomic E-state index is 11.3. The van der Waals surface area contributed by atoms with Gasteiger partial charge in [0.15, 0.2) is 0 Å². The Balaban J connectivity index is 3.47. The fraction of sp³-hybridized carbons (Fsp3) is 1.00. The minimum atomic E-state index is -4.63. The summed E-state index contributed by atoms with van der Waals surface area (Å²) in [5, 5.41) is 0.542. The number of nitrogens with zero attached hydrogens (tertiary/aromatic N) is 1. The fourth-order valence-corrected chi connectivity index (χ4v) is 0.385. The van der Waals surface area contributed by atoms with Crippen LogP contribution in [0.25, 0.3) is 0 Å². The van der Waals surface area contributed by atoms with E-state index < -0.39 is 6.36 Å². The van der Waals surface area contributed by atoms with Crippen molar-refractivity contribution < 1.29 is 22.7 Å². The van der Waals surface area contributed by atoms with E-state index in [-0.39, 0.29) is 6.73 Å². The molecule has 0 saturated carbocycles. The number of hydroxylamine groups is 2. The zero-order valence-corrected chi connectivity index (χ0v) is 5.60. The van der Waals surface area contributed by atoms with Crippen LogP contribution in [0.15, 0.2) is 0 Å². The second-order valence-electron chi connectivity index (χ2n) is 1.58. The van der Waals surface area contributed by atoms with E-state index in [1.54, 1.807) is 0 Å². The average molecular weight is 159 g/mol. The fourth-order valence-electron chi connectivity index (χ4n) is 0.385. The monoisotopic (exact) mass is 159 g/mol. The first-order chi connectivity index (χ1) is 4.45. The van der Waals surface area contributed by atoms with Crippen molar-refractivity contribution >= 4 is 0 Å². The molecule has 0 rings (SSSR count). The summed E-state index contributed by atoms with van der Waals surface area (Å²) in [7, 11) is 2.40. The van der Waals surface area contributed by atoms with Gasteiger partial charge >= 0.3 is 6.36 Å². The van der Waals surface area contributed by atoms with Gasteiger partial charge in [-0.25, -0.2) is 0 Å². The van der Waals surface area contributed by atoms with Gasteiger partial charge in [-0.2, -0.15) is 9.90 Å². The lowest BCUT2D eigenvalue weighted by atomic mass is 11.1. The molecule has 62 valence electrons. The Morgan fingerprint density at radius 1 is 1.40 bits per heavy atom. The summed E-state index contributed by atoms with van der Waals surface area (Å²) in [5.41, 5.74) is 0. The van der Waals surface area contributed by atoms with Gasteiger partial charge in [0.25, 0.3) is 0 Å². The van der Waals surface area contributed by atoms with E-state index in [0.717, 1.165) is 7.05 Å². The molecule has 0 aliphatic heterocycles. The predicted octanol–water partition coefficient (Wildman–Crippen LogP) is 0.974. The Bertz CT molecular complexity index is 95.0. The maximum absolute atomic E-state index is 11.3. The lowest BCUT2D eigenvalue weighted by Crippen LogP contribution is -2.29. The first-order valence-corrected chi connectivity index (χ1v) is 2.41. The molecular weight excluding hydrogens is 151 g/mol. The van der Waals surface area contributed by atoms with Crippen molar-refractivity contribution in [1.82, 2.24) is 5.06 Å². The van der Waals surface area contributed by atoms with E-state index in [0.29, 0.717) is 5.06 Å². The molecule has 0 aliphatic carbocycles. The van der Waals surface area contributed by atoms with Crippen molar-refractivity contribution in [2.24, 2.45) is 0 Å². The second-order valence-corrected chi connectivity index (χ2v) is 1.58. The van der Waals surface area contributed by atoms with Crippen molar-refractivity contribution in [3.8, 4) is 0 Å². The standard InChI is InChI=1S/C4H8F3NO2/c1-8(3-9-2)10-4(5,6)7/h3H2,1-2H3. The van der Waals surface area contributed by atoms with Crippen molar-refractivity contribution in [2.45, 2.75) is 6.36 Å². The van der Waals surface area contributed by atoms with Crippen LogP contribution in [0.4, 0.5) is 13.2 Å². The molecule has 0 bridgehead atoms. The van der Waals surface area contributed by atoms with Crippen LogP contribution in [-0.4, -0.2) is 32.3 Å². The highest BCUT2D eigenvalue weighted by molar-refractivity contribution is 4.23. The summed E-state index contributed by atoms with van der Waals surface area (Å²) in [6, 6.07) is 0. The van der Waals surface area contributed by atoms with Gasteiger partial charge in [-0.1, -0.05) is 0 Å². The Kier molecular flexibility index (Phi) is 3.62. The van der Waals surface area contributed by atoms with Gasteiger partial charge in [0.1, 0.15) is 6.73 Å². The van der Waals surface area contributed by atoms with E-state index >= 15 is 0 Å². The van der Waals surface area contributed by atoms with Crippen LogP contribution in [0, 0.1) is 0 Å². The molecule has 0 unspecified atom stereocenters. The quantitative estimate of drug-likeness (QED) is 0.452. The Morgan fingerprint density at radius 2 is 1.90 bits per heavy atom. The summed E-state index contributed by atoms with van der Waals surface area (Å²) >= 11 is 0. The number of hydrogen-bond donors (Lipinski definition) is 0. The zero-order valence-electron chi connectivity index (χ0n) is 5.60. The average Bonchev–Trinajstić information content (AvgIpc) is 1.59. The molecule has 0 radical (unpaired) electrons. The van der Waals surface area contributed by atoms with Crippen molar-refractivity contribution in [2.75, 3.05) is 20.9 Å². The Labute approximate surface area is 56.3 Å². The number of rotatable bonds is 3. The third-order valence-electron chi connectivity index (χ3n) is 0.570. The molecule has 0 heterocycles. The van der Waals surface area contributed by atoms with Gasteiger partial charge in [0.2, 0.25) is 0 Å². The summed E-state index contributed by atoms with van der Waals surface area (Å²) in [4.78, 5) is 3.39. The first kappa shape index (κ1) is 9.67. The van der Waals surface area contributed by atoms with Crippen LogP contribution >= 0.6 is 0 Å². The summed E-state index contributed by atoms with van der Waals surface area (Å²) in [6.45, 7) is -0.223. The number of alkyl halides is 3. The molecule has 0 aromatic carbocycles. The Hall–Kier alpha value is -0.330. The van der Waals surface area contributed by atoms with Gasteiger partial charge in [-0.15, -0.1) is 13.2 Å². The SMILES string of the molecule is COCN(C)OC(F)(F)F. The topological polar surface area (TPSA) is 21.7 Å². The van der Waals surface area contributed by atoms with Crippen molar-refractivity contribution in [3.05, 3.63) is 0 Å². The van der Waals surface area contributed by atoms with Gasteiger partial charge < -0.3 is 4.74 Å². The van der Waals surface area contributed by atoms with Gasteiger partial charge in [-0.3, -0.25) is 0 Å². The molecule has 0 spiro atoms. The number of hydrogen-bond acceptors (Lipinski definition) is 3. The first-order valence-electron chi connectivity index (χ1n) is 2.41. The van der Waals surface area contributed by atoms with Crippen LogP contribution in [-0.2, 0) is 9.57 Å². The van der Waals surface area contributed by atoms with E-state index in [2.05, 4.69) is 9.57 Å². The normalized spacial score (nSPS) is 12.6. The minimum absolute atomic E-state index is 0.223. The van der Waals surface area contributed by atoms with E-state index in [1.807, 2.05) is 0 Å². The molecule has 0 aliphatic rings. The summed E-state index contributed by atoms with van der Waals surface area (Å²) < 4.78 is 38.3. The molecule has 10 heavy (non-hydrogen) atoms. The summed E-state index contributed by atoms with van der Waals surface area (Å²) in [6.07, 6.45) is -4.63. The lowest BCUT2D eigenvalue weighted by molar-refractivity contribution is -0.417.